The quantitative estimate of drug-likeness (QED) is 0.107. The molecule has 0 bridgehead atoms. The number of hydrogen-bond donors (Lipinski definition) is 1. The van der Waals surface area contributed by atoms with Gasteiger partial charge in [0, 0.05) is 37.2 Å². The minimum absolute atomic E-state index is 0.00334. The van der Waals surface area contributed by atoms with Crippen molar-refractivity contribution in [1.29, 1.82) is 0 Å². The summed E-state index contributed by atoms with van der Waals surface area (Å²) in [6.45, 7) is 1.52. The maximum absolute atomic E-state index is 14.0. The average molecular weight is 535 g/mol. The Morgan fingerprint density at radius 2 is 1.79 bits per heavy atom. The van der Waals surface area contributed by atoms with E-state index in [9.17, 15) is 33.1 Å². The van der Waals surface area contributed by atoms with Gasteiger partial charge in [-0.2, -0.15) is 8.78 Å². The molecule has 38 heavy (non-hydrogen) atoms. The van der Waals surface area contributed by atoms with Crippen LogP contribution in [0, 0.1) is 11.8 Å². The molecule has 2 rings (SSSR count). The molecule has 210 valence electrons. The van der Waals surface area contributed by atoms with Gasteiger partial charge in [-0.3, -0.25) is 19.2 Å². The van der Waals surface area contributed by atoms with Gasteiger partial charge in [-0.15, -0.1) is 0 Å². The Hall–Kier alpha value is -2.74. The molecule has 3 atom stereocenters. The van der Waals surface area contributed by atoms with Crippen molar-refractivity contribution >= 4 is 23.3 Å². The lowest BCUT2D eigenvalue weighted by Gasteiger charge is -2.21. The predicted molar refractivity (Wildman–Crippen MR) is 140 cm³/mol. The zero-order chi connectivity index (χ0) is 28.0. The van der Waals surface area contributed by atoms with E-state index in [-0.39, 0.29) is 50.3 Å². The van der Waals surface area contributed by atoms with E-state index in [0.29, 0.717) is 24.8 Å². The van der Waals surface area contributed by atoms with Crippen LogP contribution in [0.5, 0.6) is 0 Å². The number of ether oxygens (including phenoxy) is 1. The van der Waals surface area contributed by atoms with Gasteiger partial charge in [-0.05, 0) is 44.4 Å². The van der Waals surface area contributed by atoms with E-state index in [4.69, 9.17) is 4.74 Å². The maximum atomic E-state index is 14.0. The van der Waals surface area contributed by atoms with Gasteiger partial charge in [0.05, 0.1) is 6.10 Å². The standard InChI is InChI=1S/C30H40F2O6/c1-2-3-19-30(31,32)28(36)18-17-24-23(25(33)20-26(24)34)15-11-6-4-5-7-12-16-29(37)38-21-27(35)22-13-9-8-10-14-22/h6,8-11,13-14,23-24,26,34H,2-5,7,12,15-21H2,1H3/t23-,24-,26-/m1/s1. The van der Waals surface area contributed by atoms with Crippen molar-refractivity contribution in [3.05, 3.63) is 48.0 Å². The molecule has 0 amide bonds. The number of ketones is 3. The van der Waals surface area contributed by atoms with Crippen LogP contribution in [0.25, 0.3) is 0 Å². The molecule has 0 aromatic heterocycles. The highest BCUT2D eigenvalue weighted by atomic mass is 19.3. The Labute approximate surface area is 223 Å². The van der Waals surface area contributed by atoms with Crippen LogP contribution >= 0.6 is 0 Å². The van der Waals surface area contributed by atoms with Crippen LogP contribution in [0.15, 0.2) is 42.5 Å². The number of rotatable bonds is 18. The van der Waals surface area contributed by atoms with Crippen molar-refractivity contribution in [3.8, 4) is 0 Å². The molecule has 1 aliphatic rings. The smallest absolute Gasteiger partial charge is 0.306 e. The monoisotopic (exact) mass is 534 g/mol. The number of hydrogen-bond acceptors (Lipinski definition) is 6. The minimum Gasteiger partial charge on any atom is -0.457 e. The molecule has 8 heteroatoms. The number of carbonyl (C=O) groups excluding carboxylic acids is 4. The first-order valence-electron chi connectivity index (χ1n) is 13.7. The first-order valence-corrected chi connectivity index (χ1v) is 13.7. The molecular weight excluding hydrogens is 494 g/mol. The number of alkyl halides is 2. The molecule has 1 N–H and O–H groups in total. The molecule has 1 aromatic carbocycles. The summed E-state index contributed by atoms with van der Waals surface area (Å²) in [4.78, 5) is 48.1. The van der Waals surface area contributed by atoms with E-state index in [1.165, 1.54) is 0 Å². The first kappa shape index (κ1) is 31.5. The molecule has 0 spiro atoms. The number of benzene rings is 1. The largest absolute Gasteiger partial charge is 0.457 e. The summed E-state index contributed by atoms with van der Waals surface area (Å²) < 4.78 is 33.0. The summed E-state index contributed by atoms with van der Waals surface area (Å²) in [5, 5.41) is 10.3. The Morgan fingerprint density at radius 3 is 2.50 bits per heavy atom. The minimum atomic E-state index is -3.35. The van der Waals surface area contributed by atoms with E-state index >= 15 is 0 Å². The van der Waals surface area contributed by atoms with E-state index in [2.05, 4.69) is 0 Å². The second kappa shape index (κ2) is 16.3. The lowest BCUT2D eigenvalue weighted by atomic mass is 9.86. The van der Waals surface area contributed by atoms with Gasteiger partial charge < -0.3 is 9.84 Å². The fraction of sp³-hybridized carbons (Fsp3) is 0.600. The number of carbonyl (C=O) groups is 4. The molecule has 1 saturated carbocycles. The van der Waals surface area contributed by atoms with Crippen molar-refractivity contribution in [1.82, 2.24) is 0 Å². The Kier molecular flexibility index (Phi) is 13.5. The summed E-state index contributed by atoms with van der Waals surface area (Å²) in [5.74, 6) is -6.16. The van der Waals surface area contributed by atoms with Crippen LogP contribution in [0.1, 0.15) is 94.3 Å². The third-order valence-corrected chi connectivity index (χ3v) is 7.06. The fourth-order valence-electron chi connectivity index (χ4n) is 4.73. The number of allylic oxidation sites excluding steroid dienone is 2. The van der Waals surface area contributed by atoms with Gasteiger partial charge in [0.1, 0.15) is 5.78 Å². The van der Waals surface area contributed by atoms with Gasteiger partial charge in [-0.25, -0.2) is 0 Å². The Morgan fingerprint density at radius 1 is 1.05 bits per heavy atom. The summed E-state index contributed by atoms with van der Waals surface area (Å²) >= 11 is 0. The predicted octanol–water partition coefficient (Wildman–Crippen LogP) is 6.05. The number of aliphatic hydroxyl groups excluding tert-OH is 1. The number of Topliss-reactive ketones (excluding diaryl/α,β-unsaturated/α-hetero) is 3. The molecule has 1 aliphatic carbocycles. The van der Waals surface area contributed by atoms with Gasteiger partial charge in [-0.1, -0.05) is 62.2 Å². The molecule has 0 aliphatic heterocycles. The number of aliphatic hydroxyl groups is 1. The molecule has 0 radical (unpaired) electrons. The van der Waals surface area contributed by atoms with Crippen LogP contribution in [-0.2, 0) is 19.1 Å². The van der Waals surface area contributed by atoms with E-state index < -0.39 is 42.0 Å². The topological polar surface area (TPSA) is 97.7 Å². The number of halogens is 2. The molecule has 6 nitrogen and oxygen atoms in total. The first-order chi connectivity index (χ1) is 18.2. The molecule has 0 unspecified atom stereocenters. The normalized spacial score (nSPS) is 19.7. The van der Waals surface area contributed by atoms with Crippen LogP contribution < -0.4 is 0 Å². The highest BCUT2D eigenvalue weighted by molar-refractivity contribution is 5.97. The fourth-order valence-corrected chi connectivity index (χ4v) is 4.73. The molecule has 0 heterocycles. The zero-order valence-corrected chi connectivity index (χ0v) is 22.2. The van der Waals surface area contributed by atoms with Crippen molar-refractivity contribution < 1.29 is 37.8 Å². The van der Waals surface area contributed by atoms with Crippen molar-refractivity contribution in [2.45, 2.75) is 96.0 Å². The summed E-state index contributed by atoms with van der Waals surface area (Å²) in [6, 6.07) is 8.65. The van der Waals surface area contributed by atoms with Gasteiger partial charge >= 0.3 is 11.9 Å². The Bertz CT molecular complexity index is 943. The average Bonchev–Trinajstić information content (AvgIpc) is 3.17. The van der Waals surface area contributed by atoms with Crippen LogP contribution in [0.3, 0.4) is 0 Å². The van der Waals surface area contributed by atoms with Crippen LogP contribution in [0.4, 0.5) is 8.78 Å². The maximum Gasteiger partial charge on any atom is 0.306 e. The molecular formula is C30H40F2O6. The van der Waals surface area contributed by atoms with E-state index in [0.717, 1.165) is 19.3 Å². The van der Waals surface area contributed by atoms with Gasteiger partial charge in [0.2, 0.25) is 5.78 Å². The third-order valence-electron chi connectivity index (χ3n) is 7.06. The zero-order valence-electron chi connectivity index (χ0n) is 22.2. The van der Waals surface area contributed by atoms with E-state index in [1.807, 2.05) is 12.2 Å². The summed E-state index contributed by atoms with van der Waals surface area (Å²) in [7, 11) is 0. The van der Waals surface area contributed by atoms with Crippen molar-refractivity contribution in [3.63, 3.8) is 0 Å². The lowest BCUT2D eigenvalue weighted by molar-refractivity contribution is -0.144. The van der Waals surface area contributed by atoms with Gasteiger partial charge in [0.15, 0.2) is 12.4 Å². The van der Waals surface area contributed by atoms with E-state index in [1.54, 1.807) is 37.3 Å². The summed E-state index contributed by atoms with van der Waals surface area (Å²) in [6.07, 6.45) is 6.69. The van der Waals surface area contributed by atoms with Crippen LogP contribution in [-0.4, -0.2) is 47.1 Å². The number of esters is 1. The second-order valence-electron chi connectivity index (χ2n) is 10.0. The molecule has 1 aromatic rings. The number of unbranched alkanes of at least 4 members (excludes halogenated alkanes) is 4. The summed E-state index contributed by atoms with van der Waals surface area (Å²) in [5.41, 5.74) is 0.504. The van der Waals surface area contributed by atoms with Crippen LogP contribution in [0.2, 0.25) is 0 Å². The lowest BCUT2D eigenvalue weighted by Crippen LogP contribution is -2.30. The third kappa shape index (κ3) is 10.6. The van der Waals surface area contributed by atoms with Gasteiger partial charge in [0.25, 0.3) is 0 Å². The highest BCUT2D eigenvalue weighted by Crippen LogP contribution is 2.36. The molecule has 1 fully saturated rings. The highest BCUT2D eigenvalue weighted by Gasteiger charge is 2.43. The Balaban J connectivity index is 1.63. The van der Waals surface area contributed by atoms with Crippen molar-refractivity contribution in [2.24, 2.45) is 11.8 Å². The van der Waals surface area contributed by atoms with Crippen molar-refractivity contribution in [2.75, 3.05) is 6.61 Å². The SMILES string of the molecule is CCCCC(F)(F)C(=O)CC[C@H]1[C@H](O)CC(=O)[C@@H]1CC=CCCCCCC(=O)OCC(=O)c1ccccc1. The second-order valence-corrected chi connectivity index (χ2v) is 10.0. The molecule has 0 saturated heterocycles.